The standard InChI is InChI=1S/C25H30N4O3S/c1-20-9-6-7-14-29(20)33(31,32)24-13-8-12-23(15-24)25(30)27(2)17-22-16-26-28(19-22)18-21-10-4-3-5-11-21/h3-5,8,10-13,15-16,19-20H,6-7,9,14,17-18H2,1-2H3/t20-/m1/s1. The summed E-state index contributed by atoms with van der Waals surface area (Å²) in [7, 11) is -1.92. The highest BCUT2D eigenvalue weighted by Crippen LogP contribution is 2.26. The monoisotopic (exact) mass is 466 g/mol. The number of carbonyl (C=O) groups is 1. The maximum atomic E-state index is 13.2. The predicted octanol–water partition coefficient (Wildman–Crippen LogP) is 3.77. The largest absolute Gasteiger partial charge is 0.337 e. The lowest BCUT2D eigenvalue weighted by atomic mass is 10.1. The molecule has 1 aromatic heterocycles. The number of sulfonamides is 1. The summed E-state index contributed by atoms with van der Waals surface area (Å²) in [5.41, 5.74) is 2.42. The van der Waals surface area contributed by atoms with Gasteiger partial charge in [-0.25, -0.2) is 8.42 Å². The number of hydrogen-bond donors (Lipinski definition) is 0. The molecule has 0 spiro atoms. The van der Waals surface area contributed by atoms with Gasteiger partial charge in [-0.3, -0.25) is 9.48 Å². The van der Waals surface area contributed by atoms with E-state index in [2.05, 4.69) is 5.10 Å². The summed E-state index contributed by atoms with van der Waals surface area (Å²) >= 11 is 0. The minimum absolute atomic E-state index is 0.0294. The van der Waals surface area contributed by atoms with Gasteiger partial charge in [0, 0.05) is 43.5 Å². The summed E-state index contributed by atoms with van der Waals surface area (Å²) in [6.45, 7) is 3.51. The van der Waals surface area contributed by atoms with Crippen molar-refractivity contribution in [1.29, 1.82) is 0 Å². The van der Waals surface area contributed by atoms with Crippen LogP contribution in [0.1, 0.15) is 47.7 Å². The third kappa shape index (κ3) is 5.34. The molecule has 3 aromatic rings. The highest BCUT2D eigenvalue weighted by Gasteiger charge is 2.31. The first-order valence-corrected chi connectivity index (χ1v) is 12.7. The van der Waals surface area contributed by atoms with Crippen LogP contribution < -0.4 is 0 Å². The minimum atomic E-state index is -3.63. The van der Waals surface area contributed by atoms with Crippen LogP contribution in [0.2, 0.25) is 0 Å². The molecule has 1 fully saturated rings. The van der Waals surface area contributed by atoms with Crippen LogP contribution in [0.4, 0.5) is 0 Å². The summed E-state index contributed by atoms with van der Waals surface area (Å²) in [4.78, 5) is 14.8. The summed E-state index contributed by atoms with van der Waals surface area (Å²) in [6, 6.07) is 16.4. The third-order valence-electron chi connectivity index (χ3n) is 6.07. The highest BCUT2D eigenvalue weighted by molar-refractivity contribution is 7.89. The number of rotatable bonds is 7. The Morgan fingerprint density at radius 1 is 1.09 bits per heavy atom. The van der Waals surface area contributed by atoms with Gasteiger partial charge in [0.2, 0.25) is 10.0 Å². The normalized spacial score (nSPS) is 17.1. The topological polar surface area (TPSA) is 75.5 Å². The van der Waals surface area contributed by atoms with Crippen molar-refractivity contribution in [2.24, 2.45) is 0 Å². The van der Waals surface area contributed by atoms with E-state index in [0.717, 1.165) is 30.4 Å². The molecule has 2 heterocycles. The smallest absolute Gasteiger partial charge is 0.253 e. The van der Waals surface area contributed by atoms with Gasteiger partial charge in [-0.1, -0.05) is 42.8 Å². The van der Waals surface area contributed by atoms with Crippen LogP contribution in [-0.4, -0.2) is 52.9 Å². The van der Waals surface area contributed by atoms with Crippen LogP contribution in [0.15, 0.2) is 71.9 Å². The van der Waals surface area contributed by atoms with Gasteiger partial charge in [-0.05, 0) is 43.5 Å². The van der Waals surface area contributed by atoms with E-state index < -0.39 is 10.0 Å². The summed E-state index contributed by atoms with van der Waals surface area (Å²) in [5.74, 6) is -0.227. The molecular weight excluding hydrogens is 436 g/mol. The average molecular weight is 467 g/mol. The van der Waals surface area contributed by atoms with Gasteiger partial charge < -0.3 is 4.90 Å². The van der Waals surface area contributed by atoms with Crippen LogP contribution in [0.3, 0.4) is 0 Å². The summed E-state index contributed by atoms with van der Waals surface area (Å²) < 4.78 is 29.8. The number of aromatic nitrogens is 2. The average Bonchev–Trinajstić information content (AvgIpc) is 3.26. The molecule has 0 N–H and O–H groups in total. The Hall–Kier alpha value is -2.97. The number of carbonyl (C=O) groups excluding carboxylic acids is 1. The van der Waals surface area contributed by atoms with E-state index >= 15 is 0 Å². The van der Waals surface area contributed by atoms with E-state index in [9.17, 15) is 13.2 Å². The summed E-state index contributed by atoms with van der Waals surface area (Å²) in [5, 5.41) is 4.40. The van der Waals surface area contributed by atoms with Crippen molar-refractivity contribution in [3.63, 3.8) is 0 Å². The fraction of sp³-hybridized carbons (Fsp3) is 0.360. The molecule has 0 radical (unpaired) electrons. The molecule has 0 bridgehead atoms. The highest BCUT2D eigenvalue weighted by atomic mass is 32.2. The Morgan fingerprint density at radius 2 is 1.88 bits per heavy atom. The van der Waals surface area contributed by atoms with E-state index in [1.807, 2.05) is 48.1 Å². The van der Waals surface area contributed by atoms with E-state index in [1.54, 1.807) is 40.6 Å². The van der Waals surface area contributed by atoms with Crippen LogP contribution >= 0.6 is 0 Å². The number of benzene rings is 2. The van der Waals surface area contributed by atoms with Gasteiger partial charge in [0.1, 0.15) is 0 Å². The van der Waals surface area contributed by atoms with Crippen molar-refractivity contribution in [3.05, 3.63) is 83.7 Å². The molecule has 174 valence electrons. The lowest BCUT2D eigenvalue weighted by molar-refractivity contribution is 0.0785. The maximum Gasteiger partial charge on any atom is 0.253 e. The molecule has 0 aliphatic carbocycles. The van der Waals surface area contributed by atoms with Gasteiger partial charge in [0.25, 0.3) is 5.91 Å². The van der Waals surface area contributed by atoms with Gasteiger partial charge in [-0.2, -0.15) is 9.40 Å². The molecular formula is C25H30N4O3S. The van der Waals surface area contributed by atoms with E-state index in [-0.39, 0.29) is 16.8 Å². The van der Waals surface area contributed by atoms with Crippen LogP contribution in [0, 0.1) is 0 Å². The van der Waals surface area contributed by atoms with Crippen molar-refractivity contribution in [2.75, 3.05) is 13.6 Å². The van der Waals surface area contributed by atoms with Gasteiger partial charge in [0.15, 0.2) is 0 Å². The molecule has 8 heteroatoms. The molecule has 1 atom stereocenters. The zero-order chi connectivity index (χ0) is 23.4. The van der Waals surface area contributed by atoms with E-state index in [4.69, 9.17) is 0 Å². The Morgan fingerprint density at radius 3 is 2.64 bits per heavy atom. The Balaban J connectivity index is 1.45. The van der Waals surface area contributed by atoms with Gasteiger partial charge in [-0.15, -0.1) is 0 Å². The van der Waals surface area contributed by atoms with Crippen LogP contribution in [-0.2, 0) is 23.1 Å². The van der Waals surface area contributed by atoms with Crippen LogP contribution in [0.5, 0.6) is 0 Å². The zero-order valence-electron chi connectivity index (χ0n) is 19.1. The molecule has 33 heavy (non-hydrogen) atoms. The van der Waals surface area contributed by atoms with Gasteiger partial charge >= 0.3 is 0 Å². The van der Waals surface area contributed by atoms with E-state index in [1.165, 1.54) is 6.07 Å². The number of amides is 1. The third-order valence-corrected chi connectivity index (χ3v) is 8.08. The van der Waals surface area contributed by atoms with Gasteiger partial charge in [0.05, 0.1) is 17.6 Å². The summed E-state index contributed by atoms with van der Waals surface area (Å²) in [6.07, 6.45) is 6.45. The van der Waals surface area contributed by atoms with Crippen molar-refractivity contribution in [1.82, 2.24) is 19.0 Å². The predicted molar refractivity (Wildman–Crippen MR) is 127 cm³/mol. The number of hydrogen-bond acceptors (Lipinski definition) is 4. The molecule has 1 amide bonds. The second kappa shape index (κ2) is 9.89. The second-order valence-electron chi connectivity index (χ2n) is 8.68. The maximum absolute atomic E-state index is 13.2. The molecule has 0 saturated carbocycles. The molecule has 7 nitrogen and oxygen atoms in total. The number of nitrogens with zero attached hydrogens (tertiary/aromatic N) is 4. The first kappa shape index (κ1) is 23.2. The molecule has 1 aliphatic rings. The molecule has 0 unspecified atom stereocenters. The lowest BCUT2D eigenvalue weighted by Gasteiger charge is -2.32. The second-order valence-corrected chi connectivity index (χ2v) is 10.6. The minimum Gasteiger partial charge on any atom is -0.337 e. The fourth-order valence-corrected chi connectivity index (χ4v) is 6.01. The molecule has 1 aliphatic heterocycles. The number of piperidine rings is 1. The zero-order valence-corrected chi connectivity index (χ0v) is 19.9. The van der Waals surface area contributed by atoms with E-state index in [0.29, 0.717) is 25.2 Å². The quantitative estimate of drug-likeness (QED) is 0.531. The first-order valence-electron chi connectivity index (χ1n) is 11.3. The first-order chi connectivity index (χ1) is 15.8. The lowest BCUT2D eigenvalue weighted by Crippen LogP contribution is -2.42. The molecule has 1 saturated heterocycles. The van der Waals surface area contributed by atoms with Crippen LogP contribution in [0.25, 0.3) is 0 Å². The van der Waals surface area contributed by atoms with Crippen molar-refractivity contribution >= 4 is 15.9 Å². The van der Waals surface area contributed by atoms with Crippen molar-refractivity contribution < 1.29 is 13.2 Å². The fourth-order valence-electron chi connectivity index (χ4n) is 4.26. The molecule has 2 aromatic carbocycles. The SMILES string of the molecule is C[C@@H]1CCCCN1S(=O)(=O)c1cccc(C(=O)N(C)Cc2cnn(Cc3ccccc3)c2)c1. The van der Waals surface area contributed by atoms with Crippen molar-refractivity contribution in [3.8, 4) is 0 Å². The Labute approximate surface area is 195 Å². The Kier molecular flexibility index (Phi) is 6.95. The van der Waals surface area contributed by atoms with Crippen molar-refractivity contribution in [2.45, 2.75) is 50.2 Å². The molecule has 4 rings (SSSR count). The Bertz CT molecular complexity index is 1210.